The maximum absolute atomic E-state index is 11.2. The van der Waals surface area contributed by atoms with E-state index in [1.54, 1.807) is 6.07 Å². The zero-order chi connectivity index (χ0) is 15.4. The van der Waals surface area contributed by atoms with Crippen molar-refractivity contribution in [1.82, 2.24) is 0 Å². The van der Waals surface area contributed by atoms with Crippen LogP contribution in [0.25, 0.3) is 11.3 Å². The van der Waals surface area contributed by atoms with Crippen LogP contribution in [0.4, 0.5) is 0 Å². The largest absolute Gasteiger partial charge is 0.488 e. The molecule has 0 bridgehead atoms. The second-order valence-corrected chi connectivity index (χ2v) is 5.06. The lowest BCUT2D eigenvalue weighted by Gasteiger charge is -2.10. The number of aldehydes is 1. The van der Waals surface area contributed by atoms with E-state index < -0.39 is 0 Å². The topological polar surface area (TPSA) is 39.4 Å². The summed E-state index contributed by atoms with van der Waals surface area (Å²) in [6.45, 7) is 2.32. The maximum Gasteiger partial charge on any atom is 0.153 e. The van der Waals surface area contributed by atoms with E-state index in [4.69, 9.17) is 9.15 Å². The third-order valence-electron chi connectivity index (χ3n) is 3.40. The summed E-state index contributed by atoms with van der Waals surface area (Å²) in [6.07, 6.45) is 0.803. The van der Waals surface area contributed by atoms with E-state index in [0.29, 0.717) is 17.9 Å². The number of furan rings is 1. The maximum atomic E-state index is 11.2. The van der Waals surface area contributed by atoms with Gasteiger partial charge in [-0.15, -0.1) is 0 Å². The second-order valence-electron chi connectivity index (χ2n) is 5.06. The van der Waals surface area contributed by atoms with E-state index >= 15 is 0 Å². The number of carbonyl (C=O) groups excluding carboxylic acids is 1. The number of hydrogen-bond donors (Lipinski definition) is 0. The molecule has 0 spiro atoms. The van der Waals surface area contributed by atoms with E-state index in [1.165, 1.54) is 0 Å². The van der Waals surface area contributed by atoms with Crippen molar-refractivity contribution in [1.29, 1.82) is 0 Å². The molecule has 22 heavy (non-hydrogen) atoms. The van der Waals surface area contributed by atoms with Crippen LogP contribution in [0.1, 0.15) is 21.7 Å². The third kappa shape index (κ3) is 3.09. The van der Waals surface area contributed by atoms with Crippen LogP contribution in [0.2, 0.25) is 0 Å². The van der Waals surface area contributed by atoms with Crippen molar-refractivity contribution in [2.75, 3.05) is 0 Å². The molecule has 0 radical (unpaired) electrons. The molecule has 0 aliphatic heterocycles. The Morgan fingerprint density at radius 2 is 1.86 bits per heavy atom. The van der Waals surface area contributed by atoms with E-state index in [1.807, 2.05) is 61.5 Å². The standard InChI is InChI=1S/C19H16O3/c1-14-7-10-18(22-14)16-8-9-17(12-20)19(11-16)21-13-15-5-3-2-4-6-15/h2-12H,13H2,1H3. The summed E-state index contributed by atoms with van der Waals surface area (Å²) >= 11 is 0. The Labute approximate surface area is 129 Å². The summed E-state index contributed by atoms with van der Waals surface area (Å²) < 4.78 is 11.4. The molecule has 0 atom stereocenters. The highest BCUT2D eigenvalue weighted by Gasteiger charge is 2.09. The van der Waals surface area contributed by atoms with Crippen LogP contribution in [-0.4, -0.2) is 6.29 Å². The van der Waals surface area contributed by atoms with Gasteiger partial charge in [-0.25, -0.2) is 0 Å². The Balaban J connectivity index is 1.86. The fraction of sp³-hybridized carbons (Fsp3) is 0.105. The monoisotopic (exact) mass is 292 g/mol. The van der Waals surface area contributed by atoms with Gasteiger partial charge in [-0.1, -0.05) is 36.4 Å². The van der Waals surface area contributed by atoms with Gasteiger partial charge in [-0.05, 0) is 36.8 Å². The number of benzene rings is 2. The first kappa shape index (κ1) is 14.1. The summed E-state index contributed by atoms with van der Waals surface area (Å²) in [5.74, 6) is 2.17. The molecule has 1 aromatic heterocycles. The van der Waals surface area contributed by atoms with Gasteiger partial charge in [0, 0.05) is 5.56 Å². The van der Waals surface area contributed by atoms with Gasteiger partial charge in [0.2, 0.25) is 0 Å². The van der Waals surface area contributed by atoms with E-state index in [-0.39, 0.29) is 0 Å². The SMILES string of the molecule is Cc1ccc(-c2ccc(C=O)c(OCc3ccccc3)c2)o1. The van der Waals surface area contributed by atoms with Gasteiger partial charge in [0.25, 0.3) is 0 Å². The minimum atomic E-state index is 0.419. The zero-order valence-electron chi connectivity index (χ0n) is 12.3. The first-order chi connectivity index (χ1) is 10.8. The molecule has 110 valence electrons. The lowest BCUT2D eigenvalue weighted by Crippen LogP contribution is -1.98. The predicted molar refractivity (Wildman–Crippen MR) is 85.0 cm³/mol. The van der Waals surface area contributed by atoms with E-state index in [0.717, 1.165) is 28.9 Å². The highest BCUT2D eigenvalue weighted by Crippen LogP contribution is 2.28. The number of carbonyl (C=O) groups is 1. The van der Waals surface area contributed by atoms with Crippen LogP contribution in [0.3, 0.4) is 0 Å². The van der Waals surface area contributed by atoms with Crippen LogP contribution >= 0.6 is 0 Å². The van der Waals surface area contributed by atoms with Crippen molar-refractivity contribution in [2.24, 2.45) is 0 Å². The minimum absolute atomic E-state index is 0.419. The molecule has 0 amide bonds. The van der Waals surface area contributed by atoms with Crippen LogP contribution in [-0.2, 0) is 6.61 Å². The molecule has 1 heterocycles. The van der Waals surface area contributed by atoms with Gasteiger partial charge >= 0.3 is 0 Å². The zero-order valence-corrected chi connectivity index (χ0v) is 12.3. The molecule has 0 aliphatic carbocycles. The molecule has 3 aromatic rings. The van der Waals surface area contributed by atoms with E-state index in [2.05, 4.69) is 0 Å². The minimum Gasteiger partial charge on any atom is -0.488 e. The third-order valence-corrected chi connectivity index (χ3v) is 3.40. The quantitative estimate of drug-likeness (QED) is 0.643. The van der Waals surface area contributed by atoms with Gasteiger partial charge in [0.05, 0.1) is 5.56 Å². The molecule has 0 fully saturated rings. The summed E-state index contributed by atoms with van der Waals surface area (Å²) in [6, 6.07) is 19.1. The van der Waals surface area contributed by atoms with Crippen LogP contribution in [0.15, 0.2) is 65.1 Å². The van der Waals surface area contributed by atoms with Crippen molar-refractivity contribution < 1.29 is 13.9 Å². The summed E-state index contributed by atoms with van der Waals surface area (Å²) in [5, 5.41) is 0. The molecular formula is C19H16O3. The highest BCUT2D eigenvalue weighted by molar-refractivity contribution is 5.81. The molecule has 0 saturated heterocycles. The van der Waals surface area contributed by atoms with Crippen molar-refractivity contribution in [3.63, 3.8) is 0 Å². The van der Waals surface area contributed by atoms with Crippen molar-refractivity contribution in [2.45, 2.75) is 13.5 Å². The van der Waals surface area contributed by atoms with Crippen LogP contribution in [0.5, 0.6) is 5.75 Å². The molecular weight excluding hydrogens is 276 g/mol. The van der Waals surface area contributed by atoms with Crippen molar-refractivity contribution >= 4 is 6.29 Å². The lowest BCUT2D eigenvalue weighted by molar-refractivity contribution is 0.111. The molecule has 3 nitrogen and oxygen atoms in total. The number of rotatable bonds is 5. The van der Waals surface area contributed by atoms with Crippen molar-refractivity contribution in [3.05, 3.63) is 77.6 Å². The van der Waals surface area contributed by atoms with Crippen LogP contribution < -0.4 is 4.74 Å². The van der Waals surface area contributed by atoms with Gasteiger partial charge in [-0.2, -0.15) is 0 Å². The second kappa shape index (κ2) is 6.31. The Bertz CT molecular complexity index is 772. The molecule has 2 aromatic carbocycles. The van der Waals surface area contributed by atoms with E-state index in [9.17, 15) is 4.79 Å². The smallest absolute Gasteiger partial charge is 0.153 e. The molecule has 0 unspecified atom stereocenters. The first-order valence-electron chi connectivity index (χ1n) is 7.09. The Morgan fingerprint density at radius 1 is 1.05 bits per heavy atom. The van der Waals surface area contributed by atoms with Gasteiger partial charge < -0.3 is 9.15 Å². The summed E-state index contributed by atoms with van der Waals surface area (Å²) in [5.41, 5.74) is 2.48. The summed E-state index contributed by atoms with van der Waals surface area (Å²) in [4.78, 5) is 11.2. The Kier molecular flexibility index (Phi) is 4.05. The van der Waals surface area contributed by atoms with Gasteiger partial charge in [0.1, 0.15) is 23.9 Å². The first-order valence-corrected chi connectivity index (χ1v) is 7.09. The fourth-order valence-electron chi connectivity index (χ4n) is 2.23. The Morgan fingerprint density at radius 3 is 2.55 bits per heavy atom. The predicted octanol–water partition coefficient (Wildman–Crippen LogP) is 4.65. The summed E-state index contributed by atoms with van der Waals surface area (Å²) in [7, 11) is 0. The highest BCUT2D eigenvalue weighted by atomic mass is 16.5. The van der Waals surface area contributed by atoms with Crippen LogP contribution in [0, 0.1) is 6.92 Å². The molecule has 0 saturated carbocycles. The van der Waals surface area contributed by atoms with Gasteiger partial charge in [0.15, 0.2) is 6.29 Å². The number of ether oxygens (including phenoxy) is 1. The molecule has 0 aliphatic rings. The Hall–Kier alpha value is -2.81. The average molecular weight is 292 g/mol. The molecule has 0 N–H and O–H groups in total. The van der Waals surface area contributed by atoms with Gasteiger partial charge in [-0.3, -0.25) is 4.79 Å². The number of aryl methyl sites for hydroxylation is 1. The molecule has 3 rings (SSSR count). The lowest BCUT2D eigenvalue weighted by atomic mass is 10.1. The average Bonchev–Trinajstić information content (AvgIpc) is 3.00. The normalized spacial score (nSPS) is 10.4. The fourth-order valence-corrected chi connectivity index (χ4v) is 2.23. The number of hydrogen-bond acceptors (Lipinski definition) is 3. The van der Waals surface area contributed by atoms with Crippen molar-refractivity contribution in [3.8, 4) is 17.1 Å². The molecule has 3 heteroatoms.